The number of rotatable bonds is 4. The van der Waals surface area contributed by atoms with E-state index in [9.17, 15) is 5.11 Å². The van der Waals surface area contributed by atoms with E-state index in [2.05, 4.69) is 0 Å². The van der Waals surface area contributed by atoms with Gasteiger partial charge in [-0.15, -0.1) is 0 Å². The van der Waals surface area contributed by atoms with Gasteiger partial charge < -0.3 is 14.2 Å². The molecule has 1 heterocycles. The van der Waals surface area contributed by atoms with Crippen LogP contribution in [0.25, 0.3) is 21.9 Å². The van der Waals surface area contributed by atoms with Crippen LogP contribution in [0.5, 0.6) is 0 Å². The van der Waals surface area contributed by atoms with E-state index in [1.165, 1.54) is 0 Å². The molecule has 0 fully saturated rings. The van der Waals surface area contributed by atoms with Crippen molar-refractivity contribution in [1.29, 1.82) is 0 Å². The molecule has 125 valence electrons. The van der Waals surface area contributed by atoms with E-state index in [-0.39, 0.29) is 0 Å². The van der Waals surface area contributed by atoms with Gasteiger partial charge in [0.15, 0.2) is 5.58 Å². The zero-order valence-electron chi connectivity index (χ0n) is 14.0. The maximum absolute atomic E-state index is 10.2. The molecule has 3 rings (SSSR count). The Morgan fingerprint density at radius 2 is 1.75 bits per heavy atom. The highest BCUT2D eigenvalue weighted by Gasteiger charge is 2.35. The van der Waals surface area contributed by atoms with E-state index >= 15 is 0 Å². The van der Waals surface area contributed by atoms with Crippen LogP contribution in [0.3, 0.4) is 0 Å². The minimum absolute atomic E-state index is 0.485. The van der Waals surface area contributed by atoms with Crippen molar-refractivity contribution in [2.45, 2.75) is 38.9 Å². The summed E-state index contributed by atoms with van der Waals surface area (Å²) in [5.41, 5.74) is 0.448. The summed E-state index contributed by atoms with van der Waals surface area (Å²) in [6.07, 6.45) is 0. The largest absolute Gasteiger partial charge is 0.455 e. The first-order chi connectivity index (χ1) is 11.1. The van der Waals surface area contributed by atoms with Gasteiger partial charge >= 0.3 is 7.48 Å². The SMILES string of the molecule is CC(C)(O)C(C)(C)O[B]c1ccc2c(c1)oc1c(Cl)cc(Cl)cc12. The molecule has 3 aromatic rings. The molecule has 0 atom stereocenters. The molecular formula is C18H18BCl2O3. The Labute approximate surface area is 151 Å². The number of hydrogen-bond donors (Lipinski definition) is 1. The second-order valence-corrected chi connectivity index (χ2v) is 7.77. The molecule has 1 radical (unpaired) electrons. The van der Waals surface area contributed by atoms with Crippen molar-refractivity contribution in [1.82, 2.24) is 0 Å². The third-order valence-corrected chi connectivity index (χ3v) is 4.98. The average molecular weight is 364 g/mol. The highest BCUT2D eigenvalue weighted by Crippen LogP contribution is 2.35. The summed E-state index contributed by atoms with van der Waals surface area (Å²) in [5.74, 6) is 0. The topological polar surface area (TPSA) is 42.6 Å². The lowest BCUT2D eigenvalue weighted by Crippen LogP contribution is -2.49. The Morgan fingerprint density at radius 1 is 1.04 bits per heavy atom. The Balaban J connectivity index is 1.95. The second-order valence-electron chi connectivity index (χ2n) is 6.93. The Kier molecular flexibility index (Phi) is 4.37. The van der Waals surface area contributed by atoms with Gasteiger partial charge in [-0.05, 0) is 51.4 Å². The van der Waals surface area contributed by atoms with Crippen LogP contribution in [-0.4, -0.2) is 23.8 Å². The molecule has 0 amide bonds. The monoisotopic (exact) mass is 363 g/mol. The van der Waals surface area contributed by atoms with Crippen molar-refractivity contribution >= 4 is 58.1 Å². The van der Waals surface area contributed by atoms with E-state index in [4.69, 9.17) is 32.3 Å². The van der Waals surface area contributed by atoms with E-state index in [0.29, 0.717) is 21.2 Å². The van der Waals surface area contributed by atoms with Crippen LogP contribution >= 0.6 is 23.2 Å². The lowest BCUT2D eigenvalue weighted by molar-refractivity contribution is -0.0893. The van der Waals surface area contributed by atoms with Gasteiger partial charge in [0.05, 0.1) is 16.2 Å². The molecule has 1 N–H and O–H groups in total. The summed E-state index contributed by atoms with van der Waals surface area (Å²) in [5, 5.41) is 13.0. The summed E-state index contributed by atoms with van der Waals surface area (Å²) >= 11 is 12.3. The molecule has 0 saturated heterocycles. The van der Waals surface area contributed by atoms with Crippen molar-refractivity contribution in [3.8, 4) is 0 Å². The summed E-state index contributed by atoms with van der Waals surface area (Å²) in [7, 11) is 1.62. The lowest BCUT2D eigenvalue weighted by Gasteiger charge is -2.37. The van der Waals surface area contributed by atoms with Crippen molar-refractivity contribution in [2.24, 2.45) is 0 Å². The quantitative estimate of drug-likeness (QED) is 0.683. The van der Waals surface area contributed by atoms with Gasteiger partial charge in [-0.3, -0.25) is 0 Å². The number of benzene rings is 2. The maximum atomic E-state index is 10.2. The summed E-state index contributed by atoms with van der Waals surface area (Å²) in [6.45, 7) is 7.11. The van der Waals surface area contributed by atoms with E-state index in [0.717, 1.165) is 16.2 Å². The molecule has 3 nitrogen and oxygen atoms in total. The van der Waals surface area contributed by atoms with Crippen molar-refractivity contribution in [3.63, 3.8) is 0 Å². The Bertz CT molecular complexity index is 910. The second kappa shape index (κ2) is 5.96. The third kappa shape index (κ3) is 3.16. The molecule has 0 unspecified atom stereocenters. The zero-order chi connectivity index (χ0) is 17.7. The van der Waals surface area contributed by atoms with Gasteiger partial charge in [0.25, 0.3) is 0 Å². The number of aliphatic hydroxyl groups is 1. The molecule has 0 saturated carbocycles. The fourth-order valence-electron chi connectivity index (χ4n) is 2.25. The molecule has 0 spiro atoms. The number of fused-ring (bicyclic) bond motifs is 3. The third-order valence-electron chi connectivity index (χ3n) is 4.48. The predicted octanol–water partition coefficient (Wildman–Crippen LogP) is 4.70. The van der Waals surface area contributed by atoms with Crippen LogP contribution < -0.4 is 5.46 Å². The van der Waals surface area contributed by atoms with Gasteiger partial charge in [0.1, 0.15) is 5.58 Å². The molecule has 2 aromatic carbocycles. The number of halogens is 2. The van der Waals surface area contributed by atoms with Crippen LogP contribution in [0.15, 0.2) is 34.7 Å². The number of furan rings is 1. The molecule has 1 aromatic heterocycles. The molecule has 24 heavy (non-hydrogen) atoms. The van der Waals surface area contributed by atoms with Gasteiger partial charge in [0, 0.05) is 15.8 Å². The van der Waals surface area contributed by atoms with Gasteiger partial charge in [-0.2, -0.15) is 0 Å². The van der Waals surface area contributed by atoms with Crippen LogP contribution in [0.2, 0.25) is 10.0 Å². The molecule has 0 aliphatic heterocycles. The van der Waals surface area contributed by atoms with E-state index < -0.39 is 11.2 Å². The minimum Gasteiger partial charge on any atom is -0.455 e. The Hall–Kier alpha value is -1.20. The Morgan fingerprint density at radius 3 is 2.42 bits per heavy atom. The molecular weight excluding hydrogens is 346 g/mol. The zero-order valence-corrected chi connectivity index (χ0v) is 15.5. The summed E-state index contributed by atoms with van der Waals surface area (Å²) in [4.78, 5) is 0. The van der Waals surface area contributed by atoms with Crippen LogP contribution in [0.1, 0.15) is 27.7 Å². The first-order valence-electron chi connectivity index (χ1n) is 7.63. The van der Waals surface area contributed by atoms with Crippen molar-refractivity contribution < 1.29 is 14.2 Å². The summed E-state index contributed by atoms with van der Waals surface area (Å²) in [6, 6.07) is 9.24. The summed E-state index contributed by atoms with van der Waals surface area (Å²) < 4.78 is 11.6. The van der Waals surface area contributed by atoms with Gasteiger partial charge in [0.2, 0.25) is 0 Å². The molecule has 0 aliphatic rings. The van der Waals surface area contributed by atoms with Gasteiger partial charge in [-0.1, -0.05) is 35.3 Å². The minimum atomic E-state index is -0.975. The van der Waals surface area contributed by atoms with Gasteiger partial charge in [-0.25, -0.2) is 0 Å². The standard InChI is InChI=1S/C18H18BCl2O3/c1-17(2,22)18(3,4)24-19-10-5-6-12-13-8-11(20)9-14(21)16(13)23-15(12)7-10/h5-9,22H,1-4H3. The first kappa shape index (κ1) is 17.6. The highest BCUT2D eigenvalue weighted by molar-refractivity contribution is 6.47. The lowest BCUT2D eigenvalue weighted by atomic mass is 9.82. The van der Waals surface area contributed by atoms with Crippen molar-refractivity contribution in [2.75, 3.05) is 0 Å². The van der Waals surface area contributed by atoms with Crippen molar-refractivity contribution in [3.05, 3.63) is 40.4 Å². The predicted molar refractivity (Wildman–Crippen MR) is 101 cm³/mol. The fraction of sp³-hybridized carbons (Fsp3) is 0.333. The smallest absolute Gasteiger partial charge is 0.331 e. The number of hydrogen-bond acceptors (Lipinski definition) is 3. The average Bonchev–Trinajstić information content (AvgIpc) is 2.82. The van der Waals surface area contributed by atoms with Crippen LogP contribution in [0.4, 0.5) is 0 Å². The van der Waals surface area contributed by atoms with Crippen LogP contribution in [0, 0.1) is 0 Å². The molecule has 0 bridgehead atoms. The fourth-order valence-corrected chi connectivity index (χ4v) is 2.78. The van der Waals surface area contributed by atoms with E-state index in [1.807, 2.05) is 38.1 Å². The first-order valence-corrected chi connectivity index (χ1v) is 8.39. The maximum Gasteiger partial charge on any atom is 0.331 e. The van der Waals surface area contributed by atoms with E-state index in [1.54, 1.807) is 27.4 Å². The highest BCUT2D eigenvalue weighted by atomic mass is 35.5. The van der Waals surface area contributed by atoms with Crippen LogP contribution in [-0.2, 0) is 4.65 Å². The molecule has 6 heteroatoms. The molecule has 0 aliphatic carbocycles. The normalized spacial score (nSPS) is 13.0.